The van der Waals surface area contributed by atoms with Gasteiger partial charge < -0.3 is 10.2 Å². The Bertz CT molecular complexity index is 917. The largest absolute Gasteiger partial charge is 0.342 e. The molecule has 0 saturated carbocycles. The van der Waals surface area contributed by atoms with Gasteiger partial charge in [-0.05, 0) is 60.1 Å². The standard InChI is InChI=1S/C25H30N2O2S/c1-16(2)12-21-24(28)26-23(20-13-17-8-4-5-9-18(17)14-20)25(29)27(21)15-19-10-6-7-11-22(19)30-3/h4-11,16,20-21,23H,12-15H2,1-3H3,(H,26,28)/t21-,23-/m1/s1. The summed E-state index contributed by atoms with van der Waals surface area (Å²) >= 11 is 1.68. The highest BCUT2D eigenvalue weighted by molar-refractivity contribution is 7.98. The number of hydrogen-bond acceptors (Lipinski definition) is 3. The molecular formula is C25H30N2O2S. The summed E-state index contributed by atoms with van der Waals surface area (Å²) in [6, 6.07) is 15.7. The van der Waals surface area contributed by atoms with Gasteiger partial charge in [-0.1, -0.05) is 56.3 Å². The van der Waals surface area contributed by atoms with Crippen LogP contribution in [0.4, 0.5) is 0 Å². The molecule has 2 aliphatic rings. The Morgan fingerprint density at radius 2 is 1.67 bits per heavy atom. The third-order valence-electron chi connectivity index (χ3n) is 6.31. The van der Waals surface area contributed by atoms with Gasteiger partial charge in [0.1, 0.15) is 12.1 Å². The molecule has 1 saturated heterocycles. The number of benzene rings is 2. The van der Waals surface area contributed by atoms with Crippen LogP contribution in [0.1, 0.15) is 37.0 Å². The molecule has 0 unspecified atom stereocenters. The number of thioether (sulfide) groups is 1. The Kier molecular flexibility index (Phi) is 6.19. The van der Waals surface area contributed by atoms with E-state index in [9.17, 15) is 9.59 Å². The van der Waals surface area contributed by atoms with Crippen molar-refractivity contribution in [3.05, 3.63) is 65.2 Å². The number of rotatable bonds is 6. The molecule has 1 aliphatic carbocycles. The zero-order chi connectivity index (χ0) is 21.3. The molecule has 5 heteroatoms. The highest BCUT2D eigenvalue weighted by Gasteiger charge is 2.45. The normalized spacial score (nSPS) is 21.8. The van der Waals surface area contributed by atoms with Gasteiger partial charge in [0.2, 0.25) is 11.8 Å². The molecule has 0 aromatic heterocycles. The fraction of sp³-hybridized carbons (Fsp3) is 0.440. The summed E-state index contributed by atoms with van der Waals surface area (Å²) < 4.78 is 0. The van der Waals surface area contributed by atoms with Crippen molar-refractivity contribution in [2.24, 2.45) is 11.8 Å². The van der Waals surface area contributed by atoms with E-state index in [1.807, 2.05) is 35.4 Å². The number of nitrogens with one attached hydrogen (secondary N) is 1. The maximum Gasteiger partial charge on any atom is 0.246 e. The van der Waals surface area contributed by atoms with Gasteiger partial charge in [-0.2, -0.15) is 0 Å². The summed E-state index contributed by atoms with van der Waals surface area (Å²) in [5.41, 5.74) is 3.71. The van der Waals surface area contributed by atoms with E-state index in [1.54, 1.807) is 11.8 Å². The molecule has 1 aliphatic heterocycles. The van der Waals surface area contributed by atoms with Gasteiger partial charge in [-0.3, -0.25) is 9.59 Å². The Morgan fingerprint density at radius 1 is 1.03 bits per heavy atom. The van der Waals surface area contributed by atoms with Crippen molar-refractivity contribution >= 4 is 23.6 Å². The zero-order valence-corrected chi connectivity index (χ0v) is 18.7. The molecule has 2 atom stereocenters. The average Bonchev–Trinajstić information content (AvgIpc) is 3.17. The first-order valence-corrected chi connectivity index (χ1v) is 12.0. The fourth-order valence-electron chi connectivity index (χ4n) is 4.82. The van der Waals surface area contributed by atoms with Gasteiger partial charge in [0.05, 0.1) is 0 Å². The predicted octanol–water partition coefficient (Wildman–Crippen LogP) is 4.07. The summed E-state index contributed by atoms with van der Waals surface area (Å²) in [6.45, 7) is 4.69. The highest BCUT2D eigenvalue weighted by atomic mass is 32.2. The van der Waals surface area contributed by atoms with Gasteiger partial charge in [0.25, 0.3) is 0 Å². The molecule has 4 rings (SSSR count). The molecule has 2 amide bonds. The third kappa shape index (κ3) is 4.13. The molecule has 4 nitrogen and oxygen atoms in total. The first kappa shape index (κ1) is 21.0. The summed E-state index contributed by atoms with van der Waals surface area (Å²) in [4.78, 5) is 29.9. The molecular weight excluding hydrogens is 392 g/mol. The van der Waals surface area contributed by atoms with Crippen molar-refractivity contribution in [2.45, 2.75) is 56.6 Å². The van der Waals surface area contributed by atoms with Gasteiger partial charge in [0, 0.05) is 11.4 Å². The van der Waals surface area contributed by atoms with Crippen LogP contribution in [0.3, 0.4) is 0 Å². The van der Waals surface area contributed by atoms with Crippen LogP contribution in [-0.2, 0) is 29.0 Å². The van der Waals surface area contributed by atoms with E-state index in [0.29, 0.717) is 18.9 Å². The highest BCUT2D eigenvalue weighted by Crippen LogP contribution is 2.33. The minimum absolute atomic E-state index is 0.00844. The molecule has 0 spiro atoms. The number of fused-ring (bicyclic) bond motifs is 1. The lowest BCUT2D eigenvalue weighted by molar-refractivity contribution is -0.152. The first-order chi connectivity index (χ1) is 14.5. The smallest absolute Gasteiger partial charge is 0.246 e. The summed E-state index contributed by atoms with van der Waals surface area (Å²) in [5.74, 6) is 0.510. The van der Waals surface area contributed by atoms with E-state index in [2.05, 4.69) is 43.4 Å². The van der Waals surface area contributed by atoms with Crippen LogP contribution in [0.15, 0.2) is 53.4 Å². The third-order valence-corrected chi connectivity index (χ3v) is 7.15. The maximum atomic E-state index is 13.7. The number of nitrogens with zero attached hydrogens (tertiary/aromatic N) is 1. The summed E-state index contributed by atoms with van der Waals surface area (Å²) in [7, 11) is 0. The van der Waals surface area contributed by atoms with E-state index in [4.69, 9.17) is 0 Å². The summed E-state index contributed by atoms with van der Waals surface area (Å²) in [5, 5.41) is 3.11. The van der Waals surface area contributed by atoms with Crippen LogP contribution in [0.5, 0.6) is 0 Å². The van der Waals surface area contributed by atoms with Crippen LogP contribution >= 0.6 is 11.8 Å². The monoisotopic (exact) mass is 422 g/mol. The van der Waals surface area contributed by atoms with Crippen molar-refractivity contribution in [2.75, 3.05) is 6.26 Å². The lowest BCUT2D eigenvalue weighted by atomic mass is 9.90. The Labute approximate surface area is 183 Å². The Morgan fingerprint density at radius 3 is 2.30 bits per heavy atom. The molecule has 2 aromatic rings. The SMILES string of the molecule is CSc1ccccc1CN1C(=O)[C@@H](C2Cc3ccccc3C2)NC(=O)[C@H]1CC(C)C. The van der Waals surface area contributed by atoms with Crippen LogP contribution in [-0.4, -0.2) is 35.1 Å². The molecule has 0 radical (unpaired) electrons. The van der Waals surface area contributed by atoms with E-state index in [0.717, 1.165) is 23.3 Å². The molecule has 1 heterocycles. The van der Waals surface area contributed by atoms with Crippen molar-refractivity contribution < 1.29 is 9.59 Å². The van der Waals surface area contributed by atoms with Gasteiger partial charge in [-0.15, -0.1) is 11.8 Å². The molecule has 1 fully saturated rings. The van der Waals surface area contributed by atoms with Crippen LogP contribution < -0.4 is 5.32 Å². The molecule has 1 N–H and O–H groups in total. The fourth-order valence-corrected chi connectivity index (χ4v) is 5.43. The van der Waals surface area contributed by atoms with E-state index >= 15 is 0 Å². The maximum absolute atomic E-state index is 13.7. The lowest BCUT2D eigenvalue weighted by Gasteiger charge is -2.41. The predicted molar refractivity (Wildman–Crippen MR) is 121 cm³/mol. The number of piperazine rings is 1. The average molecular weight is 423 g/mol. The van der Waals surface area contributed by atoms with Crippen LogP contribution in [0.25, 0.3) is 0 Å². The van der Waals surface area contributed by atoms with Gasteiger partial charge in [0.15, 0.2) is 0 Å². The van der Waals surface area contributed by atoms with E-state index in [-0.39, 0.29) is 17.7 Å². The molecule has 2 aromatic carbocycles. The minimum Gasteiger partial charge on any atom is -0.342 e. The van der Waals surface area contributed by atoms with Crippen molar-refractivity contribution in [3.63, 3.8) is 0 Å². The minimum atomic E-state index is -0.449. The van der Waals surface area contributed by atoms with Crippen LogP contribution in [0.2, 0.25) is 0 Å². The van der Waals surface area contributed by atoms with Gasteiger partial charge in [-0.25, -0.2) is 0 Å². The quantitative estimate of drug-likeness (QED) is 0.714. The van der Waals surface area contributed by atoms with Crippen molar-refractivity contribution in [1.29, 1.82) is 0 Å². The first-order valence-electron chi connectivity index (χ1n) is 10.8. The number of carbonyl (C=O) groups excluding carboxylic acids is 2. The zero-order valence-electron chi connectivity index (χ0n) is 17.9. The topological polar surface area (TPSA) is 49.4 Å². The molecule has 0 bridgehead atoms. The summed E-state index contributed by atoms with van der Waals surface area (Å²) in [6.07, 6.45) is 4.41. The molecule has 30 heavy (non-hydrogen) atoms. The second-order valence-corrected chi connectivity index (χ2v) is 9.69. The second kappa shape index (κ2) is 8.84. The van der Waals surface area contributed by atoms with Gasteiger partial charge >= 0.3 is 0 Å². The number of carbonyl (C=O) groups is 2. The second-order valence-electron chi connectivity index (χ2n) is 8.85. The van der Waals surface area contributed by atoms with Crippen molar-refractivity contribution in [1.82, 2.24) is 10.2 Å². The molecule has 158 valence electrons. The Balaban J connectivity index is 1.62. The van der Waals surface area contributed by atoms with E-state index in [1.165, 1.54) is 11.1 Å². The van der Waals surface area contributed by atoms with Crippen molar-refractivity contribution in [3.8, 4) is 0 Å². The number of amides is 2. The van der Waals surface area contributed by atoms with E-state index < -0.39 is 12.1 Å². The Hall–Kier alpha value is -2.27. The number of hydrogen-bond donors (Lipinski definition) is 1. The van der Waals surface area contributed by atoms with Crippen LogP contribution in [0, 0.1) is 11.8 Å². The lowest BCUT2D eigenvalue weighted by Crippen LogP contribution is -2.65.